The largest absolute Gasteiger partial charge is 0.482 e. The van der Waals surface area contributed by atoms with Crippen molar-refractivity contribution in [2.45, 2.75) is 27.7 Å². The van der Waals surface area contributed by atoms with E-state index >= 15 is 0 Å². The first kappa shape index (κ1) is 21.7. The highest BCUT2D eigenvalue weighted by Crippen LogP contribution is 2.31. The first-order chi connectivity index (χ1) is 15.7. The molecule has 0 radical (unpaired) electrons. The predicted octanol–water partition coefficient (Wildman–Crippen LogP) is 6.47. The third kappa shape index (κ3) is 5.59. The number of esters is 1. The molecule has 0 bridgehead atoms. The molecule has 0 N–H and O–H groups in total. The van der Waals surface area contributed by atoms with Crippen LogP contribution in [0.2, 0.25) is 0 Å². The molecular weight excluding hydrogens is 416 g/mol. The van der Waals surface area contributed by atoms with E-state index in [4.69, 9.17) is 9.47 Å². The number of hydrogen-bond acceptors (Lipinski definition) is 3. The molecule has 0 saturated heterocycles. The summed E-state index contributed by atoms with van der Waals surface area (Å²) in [5.41, 5.74) is 0.957. The van der Waals surface area contributed by atoms with Crippen LogP contribution in [0.15, 0.2) is 130 Å². The van der Waals surface area contributed by atoms with Gasteiger partial charge >= 0.3 is 5.97 Å². The molecule has 0 aromatic heterocycles. The molecule has 0 aliphatic heterocycles. The van der Waals surface area contributed by atoms with Crippen LogP contribution in [0.1, 0.15) is 18.6 Å². The van der Waals surface area contributed by atoms with Gasteiger partial charge in [-0.05, 0) is 61.0 Å². The quantitative estimate of drug-likeness (QED) is 0.232. The van der Waals surface area contributed by atoms with E-state index in [1.807, 2.05) is 61.5 Å². The normalized spacial score (nSPS) is 11.7. The Labute approximate surface area is 192 Å². The van der Waals surface area contributed by atoms with E-state index in [1.54, 1.807) is 0 Å². The molecule has 0 amide bonds. The molecule has 0 heterocycles. The summed E-state index contributed by atoms with van der Waals surface area (Å²) < 4.78 is 11.2. The van der Waals surface area contributed by atoms with Crippen molar-refractivity contribution in [2.75, 3.05) is 6.61 Å². The van der Waals surface area contributed by atoms with Gasteiger partial charge in [-0.2, -0.15) is 0 Å². The van der Waals surface area contributed by atoms with Crippen LogP contribution in [0.4, 0.5) is 0 Å². The van der Waals surface area contributed by atoms with E-state index in [0.29, 0.717) is 5.75 Å². The van der Waals surface area contributed by atoms with Gasteiger partial charge in [0.2, 0.25) is 0 Å². The molecule has 1 unspecified atom stereocenters. The average Bonchev–Trinajstić information content (AvgIpc) is 2.85. The van der Waals surface area contributed by atoms with Crippen LogP contribution in [-0.4, -0.2) is 12.6 Å². The Kier molecular flexibility index (Phi) is 7.26. The van der Waals surface area contributed by atoms with Gasteiger partial charge in [0, 0.05) is 0 Å². The minimum atomic E-state index is -0.390. The van der Waals surface area contributed by atoms with Gasteiger partial charge in [0.1, 0.15) is 11.9 Å². The van der Waals surface area contributed by atoms with Gasteiger partial charge < -0.3 is 9.47 Å². The van der Waals surface area contributed by atoms with E-state index in [9.17, 15) is 4.79 Å². The lowest BCUT2D eigenvalue weighted by Gasteiger charge is -2.14. The molecule has 4 aromatic rings. The first-order valence-electron chi connectivity index (χ1n) is 10.5. The third-order valence-electron chi connectivity index (χ3n) is 4.95. The van der Waals surface area contributed by atoms with Crippen LogP contribution in [0.25, 0.3) is 0 Å². The molecule has 0 fully saturated rings. The second-order valence-corrected chi connectivity index (χ2v) is 9.26. The summed E-state index contributed by atoms with van der Waals surface area (Å²) in [6.45, 7) is 1.73. The lowest BCUT2D eigenvalue weighted by atomic mass is 10.1. The van der Waals surface area contributed by atoms with Crippen molar-refractivity contribution in [3.05, 3.63) is 121 Å². The fraction of sp³-hybridized carbons (Fsp3) is 0.107. The molecule has 0 spiro atoms. The van der Waals surface area contributed by atoms with Crippen LogP contribution >= 0.6 is 0 Å². The van der Waals surface area contributed by atoms with E-state index < -0.39 is 5.97 Å². The van der Waals surface area contributed by atoms with Crippen molar-refractivity contribution < 1.29 is 14.3 Å². The molecule has 3 nitrogen and oxygen atoms in total. The van der Waals surface area contributed by atoms with Crippen LogP contribution in [0.5, 0.6) is 5.75 Å². The molecule has 4 heteroatoms. The highest BCUT2D eigenvalue weighted by atomic mass is 32.2. The SMILES string of the molecule is CC(OC(=O)COc1ccc([S+](c2ccccc2)c2ccccc2)cc1)c1ccccc1. The van der Waals surface area contributed by atoms with Gasteiger partial charge in [-0.3, -0.25) is 0 Å². The number of ether oxygens (including phenoxy) is 2. The maximum atomic E-state index is 12.2. The molecule has 1 atom stereocenters. The Morgan fingerprint density at radius 2 is 1.16 bits per heavy atom. The molecule has 0 saturated carbocycles. The summed E-state index contributed by atoms with van der Waals surface area (Å²) >= 11 is 0. The maximum Gasteiger partial charge on any atom is 0.344 e. The van der Waals surface area contributed by atoms with Gasteiger partial charge in [0.15, 0.2) is 21.3 Å². The van der Waals surface area contributed by atoms with Gasteiger partial charge in [-0.25, -0.2) is 4.79 Å². The molecule has 32 heavy (non-hydrogen) atoms. The predicted molar refractivity (Wildman–Crippen MR) is 128 cm³/mol. The lowest BCUT2D eigenvalue weighted by molar-refractivity contribution is -0.151. The average molecular weight is 442 g/mol. The fourth-order valence-electron chi connectivity index (χ4n) is 3.36. The Bertz CT molecular complexity index is 1070. The van der Waals surface area contributed by atoms with Gasteiger partial charge in [-0.1, -0.05) is 66.7 Å². The second kappa shape index (κ2) is 10.7. The van der Waals surface area contributed by atoms with E-state index in [1.165, 1.54) is 14.7 Å². The zero-order valence-corrected chi connectivity index (χ0v) is 18.7. The summed E-state index contributed by atoms with van der Waals surface area (Å²) in [5, 5.41) is 0. The molecule has 0 aliphatic carbocycles. The summed E-state index contributed by atoms with van der Waals surface area (Å²) in [5.74, 6) is 0.251. The Morgan fingerprint density at radius 3 is 1.69 bits per heavy atom. The number of rotatable bonds is 8. The van der Waals surface area contributed by atoms with Crippen LogP contribution in [-0.2, 0) is 20.4 Å². The lowest BCUT2D eigenvalue weighted by Crippen LogP contribution is -2.17. The maximum absolute atomic E-state index is 12.2. The topological polar surface area (TPSA) is 35.5 Å². The Balaban J connectivity index is 1.42. The van der Waals surface area contributed by atoms with Crippen LogP contribution in [0.3, 0.4) is 0 Å². The minimum absolute atomic E-state index is 0.125. The minimum Gasteiger partial charge on any atom is -0.482 e. The zero-order valence-electron chi connectivity index (χ0n) is 17.9. The van der Waals surface area contributed by atoms with Gasteiger partial charge in [0.05, 0.1) is 10.9 Å². The van der Waals surface area contributed by atoms with Crippen LogP contribution < -0.4 is 4.74 Å². The monoisotopic (exact) mass is 441 g/mol. The second-order valence-electron chi connectivity index (χ2n) is 7.24. The summed E-state index contributed by atoms with van der Waals surface area (Å²) in [7, 11) is -0.212. The van der Waals surface area contributed by atoms with Gasteiger partial charge in [0.25, 0.3) is 0 Å². The Hall–Kier alpha value is -3.50. The molecule has 4 rings (SSSR count). The van der Waals surface area contributed by atoms with Crippen molar-refractivity contribution in [1.29, 1.82) is 0 Å². The summed E-state index contributed by atoms with van der Waals surface area (Å²) in [6, 6.07) is 38.6. The number of benzene rings is 4. The van der Waals surface area contributed by atoms with Crippen molar-refractivity contribution in [2.24, 2.45) is 0 Å². The molecule has 160 valence electrons. The van der Waals surface area contributed by atoms with E-state index in [-0.39, 0.29) is 23.6 Å². The number of carbonyl (C=O) groups excluding carboxylic acids is 1. The summed E-state index contributed by atoms with van der Waals surface area (Å²) in [4.78, 5) is 15.9. The number of hydrogen-bond donors (Lipinski definition) is 0. The molecular formula is C28H25O3S+. The van der Waals surface area contributed by atoms with Crippen molar-refractivity contribution in [1.82, 2.24) is 0 Å². The van der Waals surface area contributed by atoms with E-state index in [2.05, 4.69) is 60.7 Å². The Morgan fingerprint density at radius 1 is 0.688 bits per heavy atom. The smallest absolute Gasteiger partial charge is 0.344 e. The van der Waals surface area contributed by atoms with E-state index in [0.717, 1.165) is 5.56 Å². The van der Waals surface area contributed by atoms with Crippen molar-refractivity contribution in [3.63, 3.8) is 0 Å². The number of carbonyl (C=O) groups is 1. The first-order valence-corrected chi connectivity index (χ1v) is 11.7. The molecule has 4 aromatic carbocycles. The van der Waals surface area contributed by atoms with Crippen molar-refractivity contribution >= 4 is 16.9 Å². The highest BCUT2D eigenvalue weighted by Gasteiger charge is 2.28. The fourth-order valence-corrected chi connectivity index (χ4v) is 5.44. The van der Waals surface area contributed by atoms with Crippen LogP contribution in [0, 0.1) is 0 Å². The standard InChI is InChI=1S/C28H25O3S/c1-22(23-11-5-2-6-12-23)31-28(29)21-30-24-17-19-27(20-18-24)32(25-13-7-3-8-14-25)26-15-9-4-10-16-26/h2-20,22H,21H2,1H3/q+1. The third-order valence-corrected chi connectivity index (χ3v) is 7.18. The zero-order chi connectivity index (χ0) is 22.2. The van der Waals surface area contributed by atoms with Crippen molar-refractivity contribution in [3.8, 4) is 5.75 Å². The van der Waals surface area contributed by atoms with Gasteiger partial charge in [-0.15, -0.1) is 0 Å². The highest BCUT2D eigenvalue weighted by molar-refractivity contribution is 7.97. The molecule has 0 aliphatic rings. The summed E-state index contributed by atoms with van der Waals surface area (Å²) in [6.07, 6.45) is -0.312.